The minimum absolute atomic E-state index is 0.550. The van der Waals surface area contributed by atoms with Crippen LogP contribution in [0.2, 0.25) is 0 Å². The zero-order valence-electron chi connectivity index (χ0n) is 12.2. The van der Waals surface area contributed by atoms with E-state index in [0.717, 1.165) is 5.92 Å². The van der Waals surface area contributed by atoms with E-state index in [4.69, 9.17) is 0 Å². The van der Waals surface area contributed by atoms with Gasteiger partial charge in [-0.25, -0.2) is 0 Å². The summed E-state index contributed by atoms with van der Waals surface area (Å²) >= 11 is 3.60. The summed E-state index contributed by atoms with van der Waals surface area (Å²) in [6.45, 7) is 10.4. The summed E-state index contributed by atoms with van der Waals surface area (Å²) in [5.74, 6) is 0.794. The molecule has 1 aliphatic rings. The van der Waals surface area contributed by atoms with Gasteiger partial charge in [-0.3, -0.25) is 0 Å². The second kappa shape index (κ2) is 6.76. The molecule has 1 unspecified atom stereocenters. The number of benzene rings is 1. The molecule has 0 saturated carbocycles. The average Bonchev–Trinajstić information content (AvgIpc) is 2.43. The third-order valence-electron chi connectivity index (χ3n) is 4.35. The Labute approximate surface area is 125 Å². The number of hydrogen-bond donors (Lipinski definition) is 1. The molecule has 1 heterocycles. The summed E-state index contributed by atoms with van der Waals surface area (Å²) in [7, 11) is 0. The minimum atomic E-state index is 0.550. The Bertz CT molecular complexity index is 411. The molecule has 19 heavy (non-hydrogen) atoms. The van der Waals surface area contributed by atoms with Crippen molar-refractivity contribution >= 4 is 21.6 Å². The smallest absolute Gasteiger partial charge is 0.0353 e. The van der Waals surface area contributed by atoms with Crippen LogP contribution in [0.5, 0.6) is 0 Å². The number of piperidine rings is 1. The molecular formula is C16H25BrN2. The number of hydrogen-bond acceptors (Lipinski definition) is 2. The van der Waals surface area contributed by atoms with Crippen LogP contribution in [0.4, 0.5) is 5.69 Å². The van der Waals surface area contributed by atoms with Crippen LogP contribution in [0, 0.1) is 12.8 Å². The van der Waals surface area contributed by atoms with Crippen LogP contribution in [-0.4, -0.2) is 30.6 Å². The zero-order chi connectivity index (χ0) is 13.8. The van der Waals surface area contributed by atoms with E-state index in [-0.39, 0.29) is 0 Å². The fourth-order valence-electron chi connectivity index (χ4n) is 2.83. The Balaban J connectivity index is 1.90. The molecule has 1 aliphatic heterocycles. The topological polar surface area (TPSA) is 15.3 Å². The second-order valence-electron chi connectivity index (χ2n) is 5.67. The van der Waals surface area contributed by atoms with Gasteiger partial charge in [-0.1, -0.05) is 28.9 Å². The summed E-state index contributed by atoms with van der Waals surface area (Å²) in [4.78, 5) is 2.55. The molecule has 1 saturated heterocycles. The summed E-state index contributed by atoms with van der Waals surface area (Å²) in [6, 6.07) is 7.08. The van der Waals surface area contributed by atoms with Gasteiger partial charge >= 0.3 is 0 Å². The minimum Gasteiger partial charge on any atom is -0.382 e. The van der Waals surface area contributed by atoms with Crippen molar-refractivity contribution in [2.75, 3.05) is 25.0 Å². The van der Waals surface area contributed by atoms with Gasteiger partial charge in [0, 0.05) is 16.2 Å². The van der Waals surface area contributed by atoms with Crippen LogP contribution in [0.3, 0.4) is 0 Å². The lowest BCUT2D eigenvalue weighted by molar-refractivity contribution is 0.183. The molecule has 1 fully saturated rings. The molecule has 0 amide bonds. The first kappa shape index (κ1) is 14.9. The highest BCUT2D eigenvalue weighted by Crippen LogP contribution is 2.25. The maximum absolute atomic E-state index is 3.66. The molecule has 1 aromatic rings. The summed E-state index contributed by atoms with van der Waals surface area (Å²) in [6.07, 6.45) is 2.63. The van der Waals surface area contributed by atoms with E-state index in [1.807, 2.05) is 0 Å². The molecule has 0 aliphatic carbocycles. The lowest BCUT2D eigenvalue weighted by Crippen LogP contribution is -2.39. The molecule has 0 radical (unpaired) electrons. The molecule has 0 spiro atoms. The molecular weight excluding hydrogens is 300 g/mol. The van der Waals surface area contributed by atoms with E-state index >= 15 is 0 Å². The van der Waals surface area contributed by atoms with E-state index in [2.05, 4.69) is 65.1 Å². The quantitative estimate of drug-likeness (QED) is 0.888. The normalized spacial score (nSPS) is 19.4. The Morgan fingerprint density at radius 1 is 1.37 bits per heavy atom. The highest BCUT2D eigenvalue weighted by molar-refractivity contribution is 9.10. The second-order valence-corrected chi connectivity index (χ2v) is 6.52. The van der Waals surface area contributed by atoms with Gasteiger partial charge in [0.1, 0.15) is 0 Å². The molecule has 1 aromatic carbocycles. The van der Waals surface area contributed by atoms with Gasteiger partial charge in [0.2, 0.25) is 0 Å². The van der Waals surface area contributed by atoms with Gasteiger partial charge in [-0.2, -0.15) is 0 Å². The maximum Gasteiger partial charge on any atom is 0.0353 e. The molecule has 2 rings (SSSR count). The molecule has 1 atom stereocenters. The van der Waals surface area contributed by atoms with Crippen LogP contribution in [-0.2, 0) is 0 Å². The van der Waals surface area contributed by atoms with Crippen LogP contribution >= 0.6 is 15.9 Å². The van der Waals surface area contributed by atoms with Gasteiger partial charge in [0.15, 0.2) is 0 Å². The monoisotopic (exact) mass is 324 g/mol. The lowest BCUT2D eigenvalue weighted by atomic mass is 9.90. The van der Waals surface area contributed by atoms with Crippen molar-refractivity contribution in [2.24, 2.45) is 5.92 Å². The molecule has 3 heteroatoms. The van der Waals surface area contributed by atoms with Crippen LogP contribution in [0.1, 0.15) is 32.3 Å². The Kier molecular flexibility index (Phi) is 5.28. The summed E-state index contributed by atoms with van der Waals surface area (Å²) in [5.41, 5.74) is 2.51. The van der Waals surface area contributed by atoms with Crippen LogP contribution in [0.25, 0.3) is 0 Å². The summed E-state index contributed by atoms with van der Waals surface area (Å²) in [5, 5.41) is 3.66. The first-order chi connectivity index (χ1) is 9.10. The van der Waals surface area contributed by atoms with E-state index in [1.54, 1.807) is 0 Å². The van der Waals surface area contributed by atoms with Gasteiger partial charge < -0.3 is 10.2 Å². The zero-order valence-corrected chi connectivity index (χ0v) is 13.8. The first-order valence-electron chi connectivity index (χ1n) is 7.35. The van der Waals surface area contributed by atoms with Crippen molar-refractivity contribution in [3.63, 3.8) is 0 Å². The highest BCUT2D eigenvalue weighted by Gasteiger charge is 2.23. The average molecular weight is 325 g/mol. The number of likely N-dealkylation sites (tertiary alicyclic amines) is 1. The first-order valence-corrected chi connectivity index (χ1v) is 8.14. The largest absolute Gasteiger partial charge is 0.382 e. The molecule has 1 N–H and O–H groups in total. The predicted molar refractivity (Wildman–Crippen MR) is 86.8 cm³/mol. The summed E-state index contributed by atoms with van der Waals surface area (Å²) < 4.78 is 1.19. The Morgan fingerprint density at radius 2 is 2.05 bits per heavy atom. The van der Waals surface area contributed by atoms with Crippen molar-refractivity contribution < 1.29 is 0 Å². The molecule has 2 nitrogen and oxygen atoms in total. The van der Waals surface area contributed by atoms with Crippen LogP contribution < -0.4 is 5.32 Å². The standard InChI is InChI=1S/C16H25BrN2/c1-4-19-9-7-14(8-10-19)13(3)18-15-6-5-12(2)16(17)11-15/h5-6,11,13-14,18H,4,7-10H2,1-3H3. The van der Waals surface area contributed by atoms with E-state index in [9.17, 15) is 0 Å². The van der Waals surface area contributed by atoms with Gasteiger partial charge in [0.05, 0.1) is 0 Å². The van der Waals surface area contributed by atoms with Crippen molar-refractivity contribution in [1.82, 2.24) is 4.90 Å². The van der Waals surface area contributed by atoms with Crippen LogP contribution in [0.15, 0.2) is 22.7 Å². The maximum atomic E-state index is 3.66. The molecule has 0 aromatic heterocycles. The SMILES string of the molecule is CCN1CCC(C(C)Nc2ccc(C)c(Br)c2)CC1. The predicted octanol–water partition coefficient (Wildman–Crippen LogP) is 4.29. The van der Waals surface area contributed by atoms with Crippen molar-refractivity contribution in [3.05, 3.63) is 28.2 Å². The Hall–Kier alpha value is -0.540. The number of nitrogens with one attached hydrogen (secondary N) is 1. The third-order valence-corrected chi connectivity index (χ3v) is 5.21. The van der Waals surface area contributed by atoms with E-state index in [1.165, 1.54) is 48.2 Å². The van der Waals surface area contributed by atoms with E-state index in [0.29, 0.717) is 6.04 Å². The fourth-order valence-corrected chi connectivity index (χ4v) is 3.21. The number of halogens is 1. The lowest BCUT2D eigenvalue weighted by Gasteiger charge is -2.35. The van der Waals surface area contributed by atoms with Gasteiger partial charge in [0.25, 0.3) is 0 Å². The van der Waals surface area contributed by atoms with Crippen molar-refractivity contribution in [1.29, 1.82) is 0 Å². The van der Waals surface area contributed by atoms with Gasteiger partial charge in [-0.05, 0) is 69.9 Å². The van der Waals surface area contributed by atoms with Crippen molar-refractivity contribution in [2.45, 2.75) is 39.7 Å². The van der Waals surface area contributed by atoms with Crippen molar-refractivity contribution in [3.8, 4) is 0 Å². The van der Waals surface area contributed by atoms with Gasteiger partial charge in [-0.15, -0.1) is 0 Å². The number of rotatable bonds is 4. The number of aryl methyl sites for hydroxylation is 1. The molecule has 0 bridgehead atoms. The highest BCUT2D eigenvalue weighted by atomic mass is 79.9. The fraction of sp³-hybridized carbons (Fsp3) is 0.625. The third kappa shape index (κ3) is 3.96. The number of nitrogens with zero attached hydrogens (tertiary/aromatic N) is 1. The number of anilines is 1. The Morgan fingerprint density at radius 3 is 2.63 bits per heavy atom. The molecule has 106 valence electrons. The van der Waals surface area contributed by atoms with E-state index < -0.39 is 0 Å².